The number of aromatic nitrogens is 7. The Labute approximate surface area is 188 Å². The molecule has 168 valence electrons. The fourth-order valence-electron chi connectivity index (χ4n) is 3.96. The van der Waals surface area contributed by atoms with Crippen LogP contribution in [0.5, 0.6) is 0 Å². The zero-order chi connectivity index (χ0) is 23.3. The van der Waals surface area contributed by atoms with Gasteiger partial charge in [-0.3, -0.25) is 4.79 Å². The Bertz CT molecular complexity index is 1440. The van der Waals surface area contributed by atoms with E-state index >= 15 is 0 Å². The van der Waals surface area contributed by atoms with Gasteiger partial charge in [0.15, 0.2) is 16.3 Å². The maximum Gasteiger partial charge on any atom is 0.443 e. The standard InChI is InChI=1S/C20H15F3N8OS/c1-9(13-8-27-19(33-13)20(21,22)23)31-17-14(12(7-24)30-31)18(32)29-16(28-17)11-4-3-10(11)15-25-5-2-6-26-15/h2,5-6,8-11H,3-4H2,1H3,(H,28,29,32)/t9-,10-,11-/m1/s1. The predicted molar refractivity (Wildman–Crippen MR) is 111 cm³/mol. The van der Waals surface area contributed by atoms with Gasteiger partial charge in [-0.05, 0) is 25.8 Å². The summed E-state index contributed by atoms with van der Waals surface area (Å²) in [7, 11) is 0. The fourth-order valence-corrected chi connectivity index (χ4v) is 4.78. The van der Waals surface area contributed by atoms with Gasteiger partial charge in [-0.15, -0.1) is 11.3 Å². The fraction of sp³-hybridized carbons (Fsp3) is 0.350. The molecule has 1 aliphatic rings. The molecule has 0 spiro atoms. The van der Waals surface area contributed by atoms with E-state index in [1.54, 1.807) is 25.4 Å². The molecule has 0 unspecified atom stereocenters. The Morgan fingerprint density at radius 3 is 2.58 bits per heavy atom. The molecule has 1 N–H and O–H groups in total. The van der Waals surface area contributed by atoms with Gasteiger partial charge in [-0.1, -0.05) is 0 Å². The SMILES string of the molecule is C[C@H](c1cnc(C(F)(F)F)s1)n1nc(C#N)c2c(=O)[nH]c([C@@H]3CC[C@H]3c3ncccn3)nc21. The van der Waals surface area contributed by atoms with Gasteiger partial charge in [0.1, 0.15) is 23.1 Å². The van der Waals surface area contributed by atoms with E-state index in [0.717, 1.165) is 19.0 Å². The summed E-state index contributed by atoms with van der Waals surface area (Å²) < 4.78 is 40.3. The van der Waals surface area contributed by atoms with Crippen molar-refractivity contribution in [2.24, 2.45) is 0 Å². The van der Waals surface area contributed by atoms with E-state index in [9.17, 15) is 23.2 Å². The Kier molecular flexibility index (Phi) is 4.97. The normalized spacial score (nSPS) is 19.2. The molecule has 13 heteroatoms. The molecule has 1 fully saturated rings. The van der Waals surface area contributed by atoms with Crippen molar-refractivity contribution < 1.29 is 13.2 Å². The number of thiazole rings is 1. The monoisotopic (exact) mass is 472 g/mol. The second-order valence-electron chi connectivity index (χ2n) is 7.69. The van der Waals surface area contributed by atoms with Gasteiger partial charge < -0.3 is 4.98 Å². The van der Waals surface area contributed by atoms with Gasteiger partial charge in [0.25, 0.3) is 5.56 Å². The summed E-state index contributed by atoms with van der Waals surface area (Å²) in [5, 5.41) is 12.7. The second kappa shape index (κ2) is 7.73. The lowest BCUT2D eigenvalue weighted by Gasteiger charge is -2.34. The van der Waals surface area contributed by atoms with Gasteiger partial charge in [-0.25, -0.2) is 24.6 Å². The van der Waals surface area contributed by atoms with E-state index < -0.39 is 22.8 Å². The van der Waals surface area contributed by atoms with E-state index in [0.29, 0.717) is 23.0 Å². The highest BCUT2D eigenvalue weighted by Gasteiger charge is 2.38. The number of hydrogen-bond donors (Lipinski definition) is 1. The predicted octanol–water partition coefficient (Wildman–Crippen LogP) is 3.53. The van der Waals surface area contributed by atoms with Crippen molar-refractivity contribution in [3.05, 3.63) is 62.2 Å². The molecule has 9 nitrogen and oxygen atoms in total. The smallest absolute Gasteiger partial charge is 0.310 e. The number of hydrogen-bond acceptors (Lipinski definition) is 8. The highest BCUT2D eigenvalue weighted by atomic mass is 32.1. The molecule has 0 saturated heterocycles. The van der Waals surface area contributed by atoms with Crippen LogP contribution in [0.15, 0.2) is 29.5 Å². The van der Waals surface area contributed by atoms with E-state index in [1.165, 1.54) is 4.68 Å². The highest BCUT2D eigenvalue weighted by molar-refractivity contribution is 7.11. The third kappa shape index (κ3) is 3.56. The summed E-state index contributed by atoms with van der Waals surface area (Å²) in [4.78, 5) is 32.6. The Morgan fingerprint density at radius 1 is 1.24 bits per heavy atom. The number of nitrogens with one attached hydrogen (secondary N) is 1. The molecule has 0 aromatic carbocycles. The highest BCUT2D eigenvalue weighted by Crippen LogP contribution is 2.46. The first-order valence-corrected chi connectivity index (χ1v) is 10.8. The second-order valence-corrected chi connectivity index (χ2v) is 8.76. The average Bonchev–Trinajstić information content (AvgIpc) is 3.39. The Balaban J connectivity index is 1.59. The van der Waals surface area contributed by atoms with Crippen LogP contribution in [-0.4, -0.2) is 34.7 Å². The van der Waals surface area contributed by atoms with Gasteiger partial charge in [0, 0.05) is 35.3 Å². The third-order valence-electron chi connectivity index (χ3n) is 5.77. The largest absolute Gasteiger partial charge is 0.443 e. The maximum atomic E-state index is 13.0. The quantitative estimate of drug-likeness (QED) is 0.481. The number of fused-ring (bicyclic) bond motifs is 1. The summed E-state index contributed by atoms with van der Waals surface area (Å²) in [5.41, 5.74) is -0.529. The molecule has 3 atom stereocenters. The molecule has 1 aliphatic carbocycles. The Morgan fingerprint density at radius 2 is 1.97 bits per heavy atom. The van der Waals surface area contributed by atoms with Crippen molar-refractivity contribution in [3.8, 4) is 6.07 Å². The Hall–Kier alpha value is -3.66. The summed E-state index contributed by atoms with van der Waals surface area (Å²) in [6, 6.07) is 2.87. The topological polar surface area (TPSA) is 126 Å². The average molecular weight is 472 g/mol. The van der Waals surface area contributed by atoms with Crippen molar-refractivity contribution in [2.75, 3.05) is 0 Å². The van der Waals surface area contributed by atoms with Crippen molar-refractivity contribution in [1.29, 1.82) is 5.26 Å². The van der Waals surface area contributed by atoms with Gasteiger partial charge in [-0.2, -0.15) is 23.5 Å². The van der Waals surface area contributed by atoms with Crippen LogP contribution in [0.2, 0.25) is 0 Å². The molecular formula is C20H15F3N8OS. The molecule has 4 heterocycles. The minimum absolute atomic E-state index is 0.000458. The maximum absolute atomic E-state index is 13.0. The zero-order valence-electron chi connectivity index (χ0n) is 17.0. The molecule has 4 aromatic heterocycles. The van der Waals surface area contributed by atoms with Crippen LogP contribution in [0.1, 0.15) is 64.9 Å². The first-order chi connectivity index (χ1) is 15.8. The molecule has 0 radical (unpaired) electrons. The number of nitriles is 1. The summed E-state index contributed by atoms with van der Waals surface area (Å²) in [6.45, 7) is 1.62. The molecule has 5 rings (SSSR count). The van der Waals surface area contributed by atoms with Crippen LogP contribution < -0.4 is 5.56 Å². The zero-order valence-corrected chi connectivity index (χ0v) is 17.9. The first-order valence-electron chi connectivity index (χ1n) is 10.00. The molecular weight excluding hydrogens is 457 g/mol. The van der Waals surface area contributed by atoms with Crippen LogP contribution in [0.25, 0.3) is 11.0 Å². The third-order valence-corrected chi connectivity index (χ3v) is 6.99. The minimum Gasteiger partial charge on any atom is -0.310 e. The number of alkyl halides is 3. The molecule has 33 heavy (non-hydrogen) atoms. The van der Waals surface area contributed by atoms with E-state index in [1.807, 2.05) is 6.07 Å². The molecule has 0 amide bonds. The van der Waals surface area contributed by atoms with Crippen LogP contribution in [0.4, 0.5) is 13.2 Å². The summed E-state index contributed by atoms with van der Waals surface area (Å²) in [5.74, 6) is 0.913. The minimum atomic E-state index is -4.56. The molecule has 0 aliphatic heterocycles. The van der Waals surface area contributed by atoms with Crippen molar-refractivity contribution in [3.63, 3.8) is 0 Å². The number of aromatic amines is 1. The van der Waals surface area contributed by atoms with Crippen molar-refractivity contribution >= 4 is 22.4 Å². The molecule has 0 bridgehead atoms. The van der Waals surface area contributed by atoms with E-state index in [4.69, 9.17) is 0 Å². The molecule has 1 saturated carbocycles. The van der Waals surface area contributed by atoms with E-state index in [2.05, 4.69) is 30.0 Å². The number of nitrogens with zero attached hydrogens (tertiary/aromatic N) is 7. The van der Waals surface area contributed by atoms with Gasteiger partial charge >= 0.3 is 6.18 Å². The van der Waals surface area contributed by atoms with Crippen LogP contribution in [-0.2, 0) is 6.18 Å². The number of halogens is 3. The number of H-pyrrole nitrogens is 1. The van der Waals surface area contributed by atoms with Crippen LogP contribution in [0.3, 0.4) is 0 Å². The van der Waals surface area contributed by atoms with Crippen molar-refractivity contribution in [2.45, 2.75) is 43.8 Å². The lowest BCUT2D eigenvalue weighted by atomic mass is 9.72. The van der Waals surface area contributed by atoms with Crippen molar-refractivity contribution in [1.82, 2.24) is 34.7 Å². The van der Waals surface area contributed by atoms with Gasteiger partial charge in [0.2, 0.25) is 0 Å². The van der Waals surface area contributed by atoms with Crippen LogP contribution >= 0.6 is 11.3 Å². The van der Waals surface area contributed by atoms with E-state index in [-0.39, 0.29) is 33.4 Å². The van der Waals surface area contributed by atoms with Crippen LogP contribution in [0, 0.1) is 11.3 Å². The summed E-state index contributed by atoms with van der Waals surface area (Å²) >= 11 is 0.486. The molecule has 4 aromatic rings. The number of rotatable bonds is 4. The van der Waals surface area contributed by atoms with Gasteiger partial charge in [0.05, 0.1) is 6.04 Å². The lowest BCUT2D eigenvalue weighted by Crippen LogP contribution is -2.28. The first kappa shape index (κ1) is 21.2. The lowest BCUT2D eigenvalue weighted by molar-refractivity contribution is -0.137. The summed E-state index contributed by atoms with van der Waals surface area (Å²) in [6.07, 6.45) is 1.45.